The molecular formula is C55H80N2O12. The summed E-state index contributed by atoms with van der Waals surface area (Å²) in [6.45, 7) is 18.4. The van der Waals surface area contributed by atoms with Gasteiger partial charge in [0.05, 0.1) is 24.4 Å². The minimum absolute atomic E-state index is 0.00875. The van der Waals surface area contributed by atoms with Crippen LogP contribution in [0.1, 0.15) is 119 Å². The number of allylic oxidation sites excluding steroid dienone is 4. The Balaban J connectivity index is 1.30. The van der Waals surface area contributed by atoms with Crippen molar-refractivity contribution < 1.29 is 57.8 Å². The highest BCUT2D eigenvalue weighted by Gasteiger charge is 2.56. The number of rotatable bonds is 11. The molecule has 1 aromatic heterocycles. The first-order valence-corrected chi connectivity index (χ1v) is 25.5. The number of aliphatic hydroxyl groups excluding tert-OH is 1. The molecule has 2 saturated heterocycles. The lowest BCUT2D eigenvalue weighted by atomic mass is 9.81. The Morgan fingerprint density at radius 1 is 0.942 bits per heavy atom. The maximum atomic E-state index is 14.6. The molecule has 382 valence electrons. The Bertz CT molecular complexity index is 2160. The third-order valence-corrected chi connectivity index (χ3v) is 15.3. The average Bonchev–Trinajstić information content (AvgIpc) is 3.73. The number of ether oxygens (including phenoxy) is 6. The molecule has 14 unspecified atom stereocenters. The highest BCUT2D eigenvalue weighted by molar-refractivity contribution is 6.39. The minimum Gasteiger partial charge on any atom is -0.488 e. The second-order valence-corrected chi connectivity index (χ2v) is 20.4. The smallest absolute Gasteiger partial charge is 0.329 e. The van der Waals surface area contributed by atoms with Crippen LogP contribution in [0.25, 0.3) is 10.9 Å². The number of methoxy groups -OCH3 is 2. The number of carbonyl (C=O) groups is 4. The lowest BCUT2D eigenvalue weighted by Gasteiger charge is -2.47. The van der Waals surface area contributed by atoms with Crippen molar-refractivity contribution in [3.8, 4) is 5.75 Å². The molecule has 3 fully saturated rings. The second kappa shape index (κ2) is 24.3. The van der Waals surface area contributed by atoms with Crippen LogP contribution in [-0.4, -0.2) is 125 Å². The zero-order chi connectivity index (χ0) is 50.2. The molecule has 4 heterocycles. The number of hydrogen-bond donors (Lipinski definition) is 2. The van der Waals surface area contributed by atoms with Gasteiger partial charge in [-0.3, -0.25) is 14.4 Å². The number of ketones is 2. The van der Waals surface area contributed by atoms with E-state index in [-0.39, 0.29) is 55.6 Å². The van der Waals surface area contributed by atoms with Crippen LogP contribution in [0.15, 0.2) is 66.4 Å². The Labute approximate surface area is 409 Å². The summed E-state index contributed by atoms with van der Waals surface area (Å²) in [6, 6.07) is 7.03. The summed E-state index contributed by atoms with van der Waals surface area (Å²) >= 11 is 0. The first-order chi connectivity index (χ1) is 33.0. The molecule has 6 rings (SSSR count). The van der Waals surface area contributed by atoms with E-state index in [4.69, 9.17) is 28.4 Å². The van der Waals surface area contributed by atoms with E-state index in [1.807, 2.05) is 52.1 Å². The number of fused-ring (bicyclic) bond motifs is 4. The molecule has 1 amide bonds. The molecule has 1 aliphatic carbocycles. The van der Waals surface area contributed by atoms with Gasteiger partial charge in [-0.2, -0.15) is 0 Å². The van der Waals surface area contributed by atoms with Gasteiger partial charge in [-0.15, -0.1) is 6.58 Å². The van der Waals surface area contributed by atoms with Crippen LogP contribution in [0.2, 0.25) is 0 Å². The molecule has 14 heteroatoms. The number of aliphatic hydroxyl groups is 2. The Morgan fingerprint density at radius 2 is 1.68 bits per heavy atom. The van der Waals surface area contributed by atoms with E-state index in [9.17, 15) is 29.4 Å². The van der Waals surface area contributed by atoms with Crippen LogP contribution in [0.5, 0.6) is 5.75 Å². The zero-order valence-electron chi connectivity index (χ0n) is 42.6. The van der Waals surface area contributed by atoms with Gasteiger partial charge in [0, 0.05) is 75.2 Å². The summed E-state index contributed by atoms with van der Waals surface area (Å²) in [6.07, 6.45) is 8.51. The van der Waals surface area contributed by atoms with Crippen LogP contribution >= 0.6 is 0 Å². The van der Waals surface area contributed by atoms with Gasteiger partial charge in [0.2, 0.25) is 5.79 Å². The number of Topliss-reactive ketones (excluding diaryl/α,β-unsaturated/α-hetero) is 2. The van der Waals surface area contributed by atoms with Crippen molar-refractivity contribution >= 4 is 34.3 Å². The fourth-order valence-electron chi connectivity index (χ4n) is 11.4. The van der Waals surface area contributed by atoms with Gasteiger partial charge in [-0.05, 0) is 127 Å². The van der Waals surface area contributed by atoms with Gasteiger partial charge in [0.25, 0.3) is 11.7 Å². The molecule has 4 aliphatic rings. The van der Waals surface area contributed by atoms with Gasteiger partial charge in [0.15, 0.2) is 0 Å². The van der Waals surface area contributed by atoms with Gasteiger partial charge in [-0.25, -0.2) is 4.79 Å². The number of carbonyl (C=O) groups excluding carboxylic acids is 4. The number of amides is 1. The number of hydrogen-bond acceptors (Lipinski definition) is 12. The SMILES string of the molecule is C=CCn1ccc2cc(OC3CCC(C=C(C)C4OC(=O)C5CCCCN5C(=O)C(=O)C5(O)OC(C(OC)CC(C)CC(C)=CC(CC)C(=O)CC(O)C4C)C(OC)CC5C)CC3OCC)ccc21. The lowest BCUT2D eigenvalue weighted by Crippen LogP contribution is -2.64. The first kappa shape index (κ1) is 54.2. The predicted molar refractivity (Wildman–Crippen MR) is 263 cm³/mol. The van der Waals surface area contributed by atoms with Crippen LogP contribution in [0.4, 0.5) is 0 Å². The number of esters is 1. The largest absolute Gasteiger partial charge is 0.488 e. The first-order valence-electron chi connectivity index (χ1n) is 25.5. The third-order valence-electron chi connectivity index (χ3n) is 15.3. The molecule has 1 saturated carbocycles. The highest BCUT2D eigenvalue weighted by Crippen LogP contribution is 2.40. The monoisotopic (exact) mass is 961 g/mol. The Hall–Kier alpha value is -4.18. The van der Waals surface area contributed by atoms with Crippen LogP contribution in [-0.2, 0) is 49.4 Å². The standard InChI is InChI=1S/C55H80N2O12/c1-11-22-56-24-21-40-31-41(18-19-42(40)56)67-46-20-17-38(30-47(46)66-13-3)28-35(6)50-37(8)44(58)32-45(59)39(12-2)26-33(4)25-34(5)27-48(64-9)51-49(65-10)29-36(7)55(63,69-51)52(60)53(61)57-23-15-14-16-43(57)54(62)68-50/h11,18-19,21,24,26,28,31,34,36-39,43-44,46-51,58,63H,1,12-17,20,22-23,25,27,29-30,32H2,2-10H3. The molecule has 69 heavy (non-hydrogen) atoms. The van der Waals surface area contributed by atoms with Gasteiger partial charge >= 0.3 is 5.97 Å². The van der Waals surface area contributed by atoms with Crippen molar-refractivity contribution in [2.45, 2.75) is 180 Å². The van der Waals surface area contributed by atoms with E-state index in [1.54, 1.807) is 28.1 Å². The zero-order valence-corrected chi connectivity index (χ0v) is 42.6. The van der Waals surface area contributed by atoms with Gasteiger partial charge < -0.3 is 48.1 Å². The van der Waals surface area contributed by atoms with Crippen LogP contribution in [0.3, 0.4) is 0 Å². The maximum Gasteiger partial charge on any atom is 0.329 e. The molecule has 14 nitrogen and oxygen atoms in total. The van der Waals surface area contributed by atoms with Crippen LogP contribution in [0, 0.1) is 29.6 Å². The van der Waals surface area contributed by atoms with Crippen molar-refractivity contribution in [1.29, 1.82) is 0 Å². The number of cyclic esters (lactones) is 1. The van der Waals surface area contributed by atoms with E-state index in [2.05, 4.69) is 42.3 Å². The van der Waals surface area contributed by atoms with Gasteiger partial charge in [-0.1, -0.05) is 51.5 Å². The minimum atomic E-state index is -2.51. The molecule has 3 aliphatic heterocycles. The van der Waals surface area contributed by atoms with Crippen molar-refractivity contribution in [3.05, 3.63) is 66.4 Å². The average molecular weight is 961 g/mol. The summed E-state index contributed by atoms with van der Waals surface area (Å²) in [7, 11) is 3.08. The molecule has 1 aromatic carbocycles. The van der Waals surface area contributed by atoms with E-state index >= 15 is 0 Å². The highest BCUT2D eigenvalue weighted by atomic mass is 16.7. The quantitative estimate of drug-likeness (QED) is 0.126. The molecule has 2 aromatic rings. The number of benzene rings is 1. The summed E-state index contributed by atoms with van der Waals surface area (Å²) in [5.41, 5.74) is 2.79. The fourth-order valence-corrected chi connectivity index (χ4v) is 11.4. The number of nitrogens with zero attached hydrogens (tertiary/aromatic N) is 2. The molecule has 2 N–H and O–H groups in total. The van der Waals surface area contributed by atoms with E-state index in [0.717, 1.165) is 28.6 Å². The molecule has 0 radical (unpaired) electrons. The Kier molecular flexibility index (Phi) is 19.1. The lowest BCUT2D eigenvalue weighted by molar-refractivity contribution is -0.302. The van der Waals surface area contributed by atoms with Gasteiger partial charge in [0.1, 0.15) is 35.9 Å². The van der Waals surface area contributed by atoms with Crippen molar-refractivity contribution in [2.24, 2.45) is 29.6 Å². The molecule has 0 spiro atoms. The van der Waals surface area contributed by atoms with E-state index in [1.165, 1.54) is 4.90 Å². The molecular weight excluding hydrogens is 881 g/mol. The molecule has 14 atom stereocenters. The predicted octanol–water partition coefficient (Wildman–Crippen LogP) is 8.09. The summed E-state index contributed by atoms with van der Waals surface area (Å²) in [4.78, 5) is 58.7. The summed E-state index contributed by atoms with van der Waals surface area (Å²) in [5, 5.41) is 25.2. The van der Waals surface area contributed by atoms with E-state index in [0.29, 0.717) is 63.7 Å². The van der Waals surface area contributed by atoms with Crippen molar-refractivity contribution in [1.82, 2.24) is 9.47 Å². The normalized spacial score (nSPS) is 35.2. The second-order valence-electron chi connectivity index (χ2n) is 20.4. The topological polar surface area (TPSA) is 172 Å². The van der Waals surface area contributed by atoms with Crippen molar-refractivity contribution in [3.63, 3.8) is 0 Å². The van der Waals surface area contributed by atoms with Crippen LogP contribution < -0.4 is 4.74 Å². The van der Waals surface area contributed by atoms with Crippen molar-refractivity contribution in [2.75, 3.05) is 27.4 Å². The maximum absolute atomic E-state index is 14.6. The number of piperidine rings is 1. The van der Waals surface area contributed by atoms with E-state index < -0.39 is 77.8 Å². The third kappa shape index (κ3) is 12.7. The fraction of sp³-hybridized carbons (Fsp3) is 0.673. The molecule has 2 bridgehead atoms. The summed E-state index contributed by atoms with van der Waals surface area (Å²) in [5.74, 6) is -6.75. The Morgan fingerprint density at radius 3 is 2.38 bits per heavy atom. The number of aromatic nitrogens is 1. The summed E-state index contributed by atoms with van der Waals surface area (Å²) < 4.78 is 39.6.